The molecule has 464 valence electrons. The molecule has 2 fully saturated rings. The number of nitrogens with one attached hydrogen (secondary N) is 5. The molecule has 0 aromatic rings. The molecule has 0 bridgehead atoms. The van der Waals surface area contributed by atoms with Gasteiger partial charge in [-0.15, -0.1) is 0 Å². The fourth-order valence-corrected chi connectivity index (χ4v) is 9.63. The van der Waals surface area contributed by atoms with Crippen molar-refractivity contribution in [2.75, 3.05) is 79.0 Å². The number of ketones is 4. The van der Waals surface area contributed by atoms with Crippen LogP contribution >= 0.6 is 0 Å². The summed E-state index contributed by atoms with van der Waals surface area (Å²) in [7, 11) is 0. The van der Waals surface area contributed by atoms with Crippen LogP contribution in [0, 0.1) is 29.6 Å². The second kappa shape index (κ2) is 38.7. The maximum absolute atomic E-state index is 13.6. The number of Topliss-reactive ketones (excluding diaryl/α,β-unsaturated/α-hetero) is 4. The molecule has 6 atom stereocenters. The van der Waals surface area contributed by atoms with Crippen LogP contribution in [0.4, 0.5) is 18.0 Å². The molecule has 2 saturated heterocycles. The first-order valence-corrected chi connectivity index (χ1v) is 29.3. The highest BCUT2D eigenvalue weighted by Crippen LogP contribution is 2.28. The largest absolute Gasteiger partial charge is 0.452 e. The van der Waals surface area contributed by atoms with Gasteiger partial charge in [0.1, 0.15) is 29.7 Å². The molecule has 0 aromatic heterocycles. The molecule has 0 aromatic carbocycles. The second-order valence-corrected chi connectivity index (χ2v) is 22.5. The first-order valence-electron chi connectivity index (χ1n) is 29.3. The van der Waals surface area contributed by atoms with E-state index in [1.807, 2.05) is 27.7 Å². The summed E-state index contributed by atoms with van der Waals surface area (Å²) >= 11 is 0. The number of ether oxygens (including phenoxy) is 4. The zero-order valence-corrected chi connectivity index (χ0v) is 49.6. The van der Waals surface area contributed by atoms with Crippen molar-refractivity contribution >= 4 is 58.7 Å². The van der Waals surface area contributed by atoms with E-state index in [1.54, 1.807) is 13.8 Å². The van der Waals surface area contributed by atoms with E-state index < -0.39 is 65.8 Å². The van der Waals surface area contributed by atoms with E-state index in [4.69, 9.17) is 18.9 Å². The minimum atomic E-state index is -5.12. The monoisotopic (exact) mass is 1160 g/mol. The van der Waals surface area contributed by atoms with Gasteiger partial charge in [0.2, 0.25) is 29.5 Å². The van der Waals surface area contributed by atoms with Gasteiger partial charge in [0.15, 0.2) is 5.78 Å². The van der Waals surface area contributed by atoms with Crippen LogP contribution in [-0.2, 0) is 62.1 Å². The van der Waals surface area contributed by atoms with Crippen LogP contribution in [-0.4, -0.2) is 184 Å². The topological polar surface area (TPSA) is 274 Å². The summed E-state index contributed by atoms with van der Waals surface area (Å²) in [5.41, 5.74) is 0. The number of carbonyl (C=O) groups excluding carboxylic acids is 10. The van der Waals surface area contributed by atoms with Gasteiger partial charge >= 0.3 is 12.2 Å². The maximum Gasteiger partial charge on any atom is 0.452 e. The molecule has 0 radical (unpaired) electrons. The Morgan fingerprint density at radius 1 is 0.494 bits per heavy atom. The van der Waals surface area contributed by atoms with Crippen molar-refractivity contribution in [1.29, 1.82) is 0 Å². The fourth-order valence-electron chi connectivity index (χ4n) is 9.63. The van der Waals surface area contributed by atoms with Crippen LogP contribution in [0.2, 0.25) is 0 Å². The molecular formula is C57H96F3N7O14. The number of alkyl halides is 3. The van der Waals surface area contributed by atoms with Crippen LogP contribution in [0.5, 0.6) is 0 Å². The lowest BCUT2D eigenvalue weighted by Crippen LogP contribution is -2.57. The molecule has 2 aliphatic rings. The van der Waals surface area contributed by atoms with Gasteiger partial charge in [0.05, 0.1) is 45.1 Å². The molecule has 2 rings (SSSR count). The van der Waals surface area contributed by atoms with E-state index in [9.17, 15) is 61.1 Å². The summed E-state index contributed by atoms with van der Waals surface area (Å²) in [6.45, 7) is 19.0. The molecule has 2 unspecified atom stereocenters. The van der Waals surface area contributed by atoms with E-state index in [-0.39, 0.29) is 124 Å². The minimum Gasteiger partial charge on any atom is -0.379 e. The smallest absolute Gasteiger partial charge is 0.379 e. The van der Waals surface area contributed by atoms with Crippen LogP contribution in [0.3, 0.4) is 0 Å². The van der Waals surface area contributed by atoms with Crippen LogP contribution < -0.4 is 26.6 Å². The lowest BCUT2D eigenvalue weighted by atomic mass is 9.88. The standard InChI is InChI=1S/C57H96F3N7O14/c1-37(2)44(54(75)66-26-13-21-45(66)53(74)65-49(39(5)6)51(72)57(58,59)60)36-43(70)20-16-29-79-34-35-81-31-25-62-56(77)61-24-12-10-11-18-42(69)19-15-28-78-32-33-80-30-17-23-47(71)63-50(40(7)8)55(76)67-27-14-22-46(67)52(73)64-48(38(3)4)41(9)68/h37-40,44-46,48-50H,10-36H2,1-9H3,(H,63,71)(H,64,73)(H,65,74)(H2,61,62,77)/t44-,45-,46-,48?,49?,50-/m0/s1. The lowest BCUT2D eigenvalue weighted by Gasteiger charge is -2.31. The first-order chi connectivity index (χ1) is 38.3. The van der Waals surface area contributed by atoms with Gasteiger partial charge < -0.3 is 55.3 Å². The van der Waals surface area contributed by atoms with Crippen molar-refractivity contribution in [3.63, 3.8) is 0 Å². The molecule has 24 heteroatoms. The molecule has 0 saturated carbocycles. The van der Waals surface area contributed by atoms with E-state index in [0.717, 1.165) is 12.8 Å². The number of rotatable bonds is 42. The highest BCUT2D eigenvalue weighted by atomic mass is 19.4. The van der Waals surface area contributed by atoms with Gasteiger partial charge in [-0.3, -0.25) is 43.2 Å². The molecule has 0 aliphatic carbocycles. The first kappa shape index (κ1) is 72.0. The molecule has 7 amide bonds. The predicted molar refractivity (Wildman–Crippen MR) is 295 cm³/mol. The van der Waals surface area contributed by atoms with Crippen molar-refractivity contribution in [2.24, 2.45) is 29.6 Å². The van der Waals surface area contributed by atoms with Crippen molar-refractivity contribution in [3.8, 4) is 0 Å². The summed E-state index contributed by atoms with van der Waals surface area (Å²) in [6.07, 6.45) is 1.45. The van der Waals surface area contributed by atoms with Crippen LogP contribution in [0.1, 0.15) is 159 Å². The SMILES string of the molecule is CC(=O)C(NC(=O)[C@@H]1CCCN1C(=O)[C@@H](NC(=O)CCCOCCOCCCC(=O)CCCCCNC(=O)NCCOCCOCCCC(=O)C[C@H](C(=O)N1CCC[C@H]1C(=O)NC(C(=O)C(F)(F)F)C(C)C)C(C)C)C(C)C)C(C)C. The Morgan fingerprint density at radius 3 is 1.44 bits per heavy atom. The number of hydrogen-bond donors (Lipinski definition) is 5. The molecular weight excluding hydrogens is 1060 g/mol. The second-order valence-electron chi connectivity index (χ2n) is 22.5. The van der Waals surface area contributed by atoms with Crippen molar-refractivity contribution < 1.29 is 80.1 Å². The molecule has 21 nitrogen and oxygen atoms in total. The third kappa shape index (κ3) is 27.7. The Labute approximate surface area is 477 Å². The van der Waals surface area contributed by atoms with Gasteiger partial charge in [-0.05, 0) is 88.4 Å². The number of hydrogen-bond acceptors (Lipinski definition) is 14. The number of unbranched alkanes of at least 4 members (excludes halogenated alkanes) is 2. The molecule has 5 N–H and O–H groups in total. The number of carbonyl (C=O) groups is 10. The van der Waals surface area contributed by atoms with Gasteiger partial charge in [-0.25, -0.2) is 4.79 Å². The average Bonchev–Trinajstić information content (AvgIpc) is 4.22. The van der Waals surface area contributed by atoms with E-state index >= 15 is 0 Å². The quantitative estimate of drug-likeness (QED) is 0.0493. The molecule has 2 heterocycles. The summed E-state index contributed by atoms with van der Waals surface area (Å²) in [5, 5.41) is 13.4. The van der Waals surface area contributed by atoms with Gasteiger partial charge in [0.25, 0.3) is 5.78 Å². The predicted octanol–water partition coefficient (Wildman–Crippen LogP) is 5.18. The van der Waals surface area contributed by atoms with Crippen molar-refractivity contribution in [1.82, 2.24) is 36.4 Å². The lowest BCUT2D eigenvalue weighted by molar-refractivity contribution is -0.175. The van der Waals surface area contributed by atoms with Crippen LogP contribution in [0.15, 0.2) is 0 Å². The van der Waals surface area contributed by atoms with E-state index in [0.29, 0.717) is 97.3 Å². The number of amides is 7. The van der Waals surface area contributed by atoms with Crippen LogP contribution in [0.25, 0.3) is 0 Å². The minimum absolute atomic E-state index is 0.0614. The Hall–Kier alpha value is -5.07. The number of likely N-dealkylation sites (tertiary alicyclic amines) is 2. The number of urea groups is 1. The zero-order chi connectivity index (χ0) is 60.7. The number of halogens is 3. The van der Waals surface area contributed by atoms with Gasteiger partial charge in [-0.1, -0.05) is 61.8 Å². The Morgan fingerprint density at radius 2 is 0.951 bits per heavy atom. The summed E-state index contributed by atoms with van der Waals surface area (Å²) < 4.78 is 61.8. The molecule has 81 heavy (non-hydrogen) atoms. The van der Waals surface area contributed by atoms with Gasteiger partial charge in [-0.2, -0.15) is 13.2 Å². The molecule has 2 aliphatic heterocycles. The average molecular weight is 1160 g/mol. The third-order valence-electron chi connectivity index (χ3n) is 14.3. The normalized spacial score (nSPS) is 17.0. The fraction of sp³-hybridized carbons (Fsp3) is 0.825. The number of nitrogens with zero attached hydrogens (tertiary/aromatic N) is 2. The summed E-state index contributed by atoms with van der Waals surface area (Å²) in [6, 6.07) is -5.27. The Balaban J connectivity index is 1.45. The Kier molecular flexibility index (Phi) is 34.4. The van der Waals surface area contributed by atoms with E-state index in [1.165, 1.54) is 30.6 Å². The summed E-state index contributed by atoms with van der Waals surface area (Å²) in [4.78, 5) is 130. The molecule has 0 spiro atoms. The highest BCUT2D eigenvalue weighted by molar-refractivity contribution is 5.97. The van der Waals surface area contributed by atoms with Crippen molar-refractivity contribution in [3.05, 3.63) is 0 Å². The van der Waals surface area contributed by atoms with Gasteiger partial charge in [0, 0.05) is 84.0 Å². The zero-order valence-electron chi connectivity index (χ0n) is 49.6. The van der Waals surface area contributed by atoms with Crippen molar-refractivity contribution in [2.45, 2.75) is 195 Å². The van der Waals surface area contributed by atoms with E-state index in [2.05, 4.69) is 26.6 Å². The highest BCUT2D eigenvalue weighted by Gasteiger charge is 2.47. The summed E-state index contributed by atoms with van der Waals surface area (Å²) in [5.74, 6) is -6.52. The third-order valence-corrected chi connectivity index (χ3v) is 14.3. The maximum atomic E-state index is 13.6. The Bertz CT molecular complexity index is 2010.